The maximum atomic E-state index is 13.4. The summed E-state index contributed by atoms with van der Waals surface area (Å²) in [4.78, 5) is 41.5. The zero-order valence-electron chi connectivity index (χ0n) is 20.9. The number of likely N-dealkylation sites (N-methyl/N-ethyl adjacent to an activating group) is 1. The number of rotatable bonds is 3. The molecule has 0 unspecified atom stereocenters. The van der Waals surface area contributed by atoms with Gasteiger partial charge in [-0.05, 0) is 37.3 Å². The Morgan fingerprint density at radius 1 is 1.03 bits per heavy atom. The number of nitrogens with zero attached hydrogens (tertiary/aromatic N) is 2. The van der Waals surface area contributed by atoms with Crippen LogP contribution >= 0.6 is 0 Å². The van der Waals surface area contributed by atoms with E-state index >= 15 is 0 Å². The van der Waals surface area contributed by atoms with Crippen LogP contribution in [0.25, 0.3) is 0 Å². The molecular formula is C26H34N4O5. The fourth-order valence-corrected chi connectivity index (χ4v) is 4.11. The second-order valence-electron chi connectivity index (χ2n) is 8.92. The van der Waals surface area contributed by atoms with Gasteiger partial charge in [0.25, 0.3) is 5.91 Å². The summed E-state index contributed by atoms with van der Waals surface area (Å²) in [7, 11) is 3.31. The lowest BCUT2D eigenvalue weighted by molar-refractivity contribution is -0.133. The molecule has 0 saturated carbocycles. The first-order chi connectivity index (χ1) is 16.7. The van der Waals surface area contributed by atoms with Crippen molar-refractivity contribution in [2.45, 2.75) is 32.9 Å². The Kier molecular flexibility index (Phi) is 8.70. The van der Waals surface area contributed by atoms with Gasteiger partial charge in [0.05, 0.1) is 17.7 Å². The first-order valence-corrected chi connectivity index (χ1v) is 11.6. The average molecular weight is 483 g/mol. The van der Waals surface area contributed by atoms with Gasteiger partial charge in [-0.15, -0.1) is 0 Å². The molecule has 9 nitrogen and oxygen atoms in total. The Morgan fingerprint density at radius 2 is 1.71 bits per heavy atom. The van der Waals surface area contributed by atoms with Crippen molar-refractivity contribution in [1.29, 1.82) is 0 Å². The smallest absolute Gasteiger partial charge is 0.323 e. The largest absolute Gasteiger partial charge is 0.491 e. The van der Waals surface area contributed by atoms with Gasteiger partial charge in [0.15, 0.2) is 0 Å². The third-order valence-electron chi connectivity index (χ3n) is 6.14. The number of hydrogen-bond acceptors (Lipinski definition) is 5. The minimum Gasteiger partial charge on any atom is -0.491 e. The van der Waals surface area contributed by atoms with Gasteiger partial charge in [0.2, 0.25) is 5.91 Å². The average Bonchev–Trinajstić information content (AvgIpc) is 2.83. The van der Waals surface area contributed by atoms with Crippen LogP contribution in [0.15, 0.2) is 48.5 Å². The zero-order valence-corrected chi connectivity index (χ0v) is 20.9. The Labute approximate surface area is 206 Å². The normalized spacial score (nSPS) is 21.2. The van der Waals surface area contributed by atoms with Crippen LogP contribution < -0.4 is 15.4 Å². The van der Waals surface area contributed by atoms with E-state index in [1.165, 1.54) is 0 Å². The van der Waals surface area contributed by atoms with E-state index in [0.29, 0.717) is 35.8 Å². The van der Waals surface area contributed by atoms with Crippen LogP contribution in [-0.2, 0) is 9.53 Å². The summed E-state index contributed by atoms with van der Waals surface area (Å²) in [5.41, 5.74) is 1.42. The molecule has 2 aromatic rings. The molecule has 188 valence electrons. The highest BCUT2D eigenvalue weighted by molar-refractivity contribution is 6.02. The van der Waals surface area contributed by atoms with Crippen molar-refractivity contribution in [3.63, 3.8) is 0 Å². The van der Waals surface area contributed by atoms with E-state index < -0.39 is 6.03 Å². The summed E-state index contributed by atoms with van der Waals surface area (Å²) < 4.78 is 11.7. The van der Waals surface area contributed by atoms with Crippen molar-refractivity contribution in [1.82, 2.24) is 9.80 Å². The molecule has 1 heterocycles. The number of anilines is 2. The number of benzene rings is 2. The molecule has 2 N–H and O–H groups in total. The van der Waals surface area contributed by atoms with Gasteiger partial charge in [0, 0.05) is 51.5 Å². The van der Waals surface area contributed by atoms with Crippen LogP contribution in [0.3, 0.4) is 0 Å². The zero-order chi connectivity index (χ0) is 25.5. The molecular weight excluding hydrogens is 448 g/mol. The van der Waals surface area contributed by atoms with Crippen molar-refractivity contribution < 1.29 is 23.9 Å². The highest BCUT2D eigenvalue weighted by Gasteiger charge is 2.29. The fourth-order valence-electron chi connectivity index (χ4n) is 4.11. The molecule has 9 heteroatoms. The van der Waals surface area contributed by atoms with Crippen LogP contribution in [0.4, 0.5) is 16.2 Å². The van der Waals surface area contributed by atoms with Gasteiger partial charge in [-0.2, -0.15) is 0 Å². The summed E-state index contributed by atoms with van der Waals surface area (Å²) in [5.74, 6) is 0.0792. The number of nitrogens with one attached hydrogen (secondary N) is 2. The number of fused-ring (bicyclic) bond motifs is 1. The van der Waals surface area contributed by atoms with Gasteiger partial charge in [-0.25, -0.2) is 4.79 Å². The van der Waals surface area contributed by atoms with Gasteiger partial charge in [-0.1, -0.05) is 25.1 Å². The number of para-hydroxylation sites is 1. The van der Waals surface area contributed by atoms with Crippen molar-refractivity contribution in [3.05, 3.63) is 54.1 Å². The van der Waals surface area contributed by atoms with E-state index in [-0.39, 0.29) is 36.5 Å². The van der Waals surface area contributed by atoms with Crippen LogP contribution in [0.1, 0.15) is 31.1 Å². The number of hydrogen-bond donors (Lipinski definition) is 2. The third-order valence-corrected chi connectivity index (χ3v) is 6.14. The predicted molar refractivity (Wildman–Crippen MR) is 135 cm³/mol. The standard InChI is InChI=1S/C26H34N4O5/c1-17-14-30(19(3)31)18(2)16-35-23-12-11-21(28-26(33)27-20-9-7-6-8-10-20)13-22(23)25(32)29(4)15-24(17)34-5/h6-13,17-18,24H,14-16H2,1-5H3,(H2,27,28,33)/t17-,18-,24+/m0/s1. The number of carbonyl (C=O) groups excluding carboxylic acids is 3. The number of carbonyl (C=O) groups is 3. The molecule has 3 rings (SSSR count). The minimum atomic E-state index is -0.426. The number of amides is 4. The Morgan fingerprint density at radius 3 is 2.37 bits per heavy atom. The monoisotopic (exact) mass is 482 g/mol. The first kappa shape index (κ1) is 26.0. The van der Waals surface area contributed by atoms with E-state index in [0.717, 1.165) is 0 Å². The second-order valence-corrected chi connectivity index (χ2v) is 8.92. The Hall–Kier alpha value is -3.59. The quantitative estimate of drug-likeness (QED) is 0.695. The first-order valence-electron chi connectivity index (χ1n) is 11.6. The SMILES string of the molecule is CO[C@@H]1CN(C)C(=O)c2cc(NC(=O)Nc3ccccc3)ccc2OC[C@H](C)N(C(C)=O)C[C@@H]1C. The lowest BCUT2D eigenvalue weighted by atomic mass is 10.0. The maximum absolute atomic E-state index is 13.4. The molecule has 0 aromatic heterocycles. The molecule has 0 aliphatic carbocycles. The van der Waals surface area contributed by atoms with Gasteiger partial charge in [-0.3, -0.25) is 9.59 Å². The number of methoxy groups -OCH3 is 1. The van der Waals surface area contributed by atoms with E-state index in [2.05, 4.69) is 10.6 Å². The third kappa shape index (κ3) is 6.73. The molecule has 3 atom stereocenters. The maximum Gasteiger partial charge on any atom is 0.323 e. The minimum absolute atomic E-state index is 0.00446. The number of urea groups is 1. The number of ether oxygens (including phenoxy) is 2. The summed E-state index contributed by atoms with van der Waals surface area (Å²) in [6.07, 6.45) is -0.264. The van der Waals surface area contributed by atoms with Crippen LogP contribution in [0, 0.1) is 5.92 Å². The molecule has 1 aliphatic heterocycles. The van der Waals surface area contributed by atoms with Gasteiger partial charge in [0.1, 0.15) is 12.4 Å². The molecule has 0 spiro atoms. The molecule has 2 aromatic carbocycles. The van der Waals surface area contributed by atoms with Crippen LogP contribution in [0.2, 0.25) is 0 Å². The molecule has 35 heavy (non-hydrogen) atoms. The van der Waals surface area contributed by atoms with Crippen molar-refractivity contribution in [3.8, 4) is 5.75 Å². The Balaban J connectivity index is 1.88. The van der Waals surface area contributed by atoms with Crippen LogP contribution in [-0.4, -0.2) is 73.6 Å². The van der Waals surface area contributed by atoms with Crippen molar-refractivity contribution >= 4 is 29.2 Å². The van der Waals surface area contributed by atoms with Gasteiger partial charge >= 0.3 is 6.03 Å². The van der Waals surface area contributed by atoms with E-state index in [1.807, 2.05) is 32.0 Å². The van der Waals surface area contributed by atoms with Crippen LogP contribution in [0.5, 0.6) is 5.75 Å². The highest BCUT2D eigenvalue weighted by atomic mass is 16.5. The molecule has 0 radical (unpaired) electrons. The second kappa shape index (κ2) is 11.7. The van der Waals surface area contributed by atoms with E-state index in [4.69, 9.17) is 9.47 Å². The molecule has 0 bridgehead atoms. The molecule has 0 saturated heterocycles. The van der Waals surface area contributed by atoms with E-state index in [9.17, 15) is 14.4 Å². The van der Waals surface area contributed by atoms with Crippen molar-refractivity contribution in [2.24, 2.45) is 5.92 Å². The van der Waals surface area contributed by atoms with Gasteiger partial charge < -0.3 is 29.9 Å². The lowest BCUT2D eigenvalue weighted by Gasteiger charge is -2.35. The van der Waals surface area contributed by atoms with E-state index in [1.54, 1.807) is 61.2 Å². The Bertz CT molecular complexity index is 1050. The predicted octanol–water partition coefficient (Wildman–Crippen LogP) is 3.68. The summed E-state index contributed by atoms with van der Waals surface area (Å²) >= 11 is 0. The van der Waals surface area contributed by atoms with Crippen molar-refractivity contribution in [2.75, 3.05) is 44.5 Å². The summed E-state index contributed by atoms with van der Waals surface area (Å²) in [6.45, 7) is 6.51. The lowest BCUT2D eigenvalue weighted by Crippen LogP contribution is -2.48. The summed E-state index contributed by atoms with van der Waals surface area (Å²) in [5, 5.41) is 5.52. The molecule has 1 aliphatic rings. The molecule has 4 amide bonds. The fraction of sp³-hybridized carbons (Fsp3) is 0.423. The topological polar surface area (TPSA) is 100 Å². The highest BCUT2D eigenvalue weighted by Crippen LogP contribution is 2.26. The summed E-state index contributed by atoms with van der Waals surface area (Å²) in [6, 6.07) is 13.4. The molecule has 0 fully saturated rings.